The van der Waals surface area contributed by atoms with Gasteiger partial charge in [0.1, 0.15) is 0 Å². The second-order valence-electron chi connectivity index (χ2n) is 2.95. The van der Waals surface area contributed by atoms with E-state index in [1.165, 1.54) is 12.5 Å². The third-order valence-electron chi connectivity index (χ3n) is 1.62. The van der Waals surface area contributed by atoms with Crippen LogP contribution in [-0.2, 0) is 16.0 Å². The van der Waals surface area contributed by atoms with Crippen LogP contribution >= 0.6 is 0 Å². The van der Waals surface area contributed by atoms with Crippen LogP contribution in [-0.4, -0.2) is 19.1 Å². The largest absolute Gasteiger partial charge is 0.466 e. The van der Waals surface area contributed by atoms with Crippen molar-refractivity contribution in [1.82, 2.24) is 0 Å². The quantitative estimate of drug-likeness (QED) is 0.772. The van der Waals surface area contributed by atoms with Crippen LogP contribution in [0.2, 0.25) is 0 Å². The molecule has 0 heterocycles. The Labute approximate surface area is 91.2 Å². The number of carbonyl (C=O) groups excluding carboxylic acids is 1. The topological polar surface area (TPSA) is 52.3 Å². The minimum absolute atomic E-state index is 0.211. The molecule has 0 amide bonds. The first-order valence-corrected chi connectivity index (χ1v) is 5.08. The molecule has 0 radical (unpaired) electrons. The van der Waals surface area contributed by atoms with Gasteiger partial charge in [-0.15, -0.1) is 0 Å². The van der Waals surface area contributed by atoms with Gasteiger partial charge in [-0.1, -0.05) is 30.3 Å². The van der Waals surface area contributed by atoms with Gasteiger partial charge in [-0.2, -0.15) is 0 Å². The smallest absolute Gasteiger partial charge is 0.302 e. The van der Waals surface area contributed by atoms with Crippen molar-refractivity contribution in [3.8, 4) is 0 Å². The van der Waals surface area contributed by atoms with Crippen molar-refractivity contribution >= 4 is 5.97 Å². The molecule has 0 bridgehead atoms. The van der Waals surface area contributed by atoms with Gasteiger partial charge in [0.2, 0.25) is 0 Å². The van der Waals surface area contributed by atoms with E-state index in [4.69, 9.17) is 5.73 Å². The number of nitrogens with two attached hydrogens (primary N) is 1. The standard InChI is InChI=1S/C8H11N.C4H8O2/c9-7-6-8-4-2-1-3-5-8;1-3-6-4(2)5/h1-5H,6-7,9H2;3H2,1-2H3. The molecule has 1 aromatic rings. The maximum atomic E-state index is 9.82. The van der Waals surface area contributed by atoms with Crippen molar-refractivity contribution in [2.75, 3.05) is 13.2 Å². The Morgan fingerprint density at radius 2 is 1.93 bits per heavy atom. The molecule has 0 aliphatic heterocycles. The average molecular weight is 209 g/mol. The fourth-order valence-corrected chi connectivity index (χ4v) is 1.01. The lowest BCUT2D eigenvalue weighted by atomic mass is 10.2. The molecule has 0 aliphatic rings. The third kappa shape index (κ3) is 8.97. The Bertz CT molecular complexity index is 260. The summed E-state index contributed by atoms with van der Waals surface area (Å²) in [5.74, 6) is -0.211. The summed E-state index contributed by atoms with van der Waals surface area (Å²) in [5, 5.41) is 0. The molecule has 0 aliphatic carbocycles. The minimum Gasteiger partial charge on any atom is -0.466 e. The number of esters is 1. The summed E-state index contributed by atoms with van der Waals surface area (Å²) in [7, 11) is 0. The number of ether oxygens (including phenoxy) is 1. The lowest BCUT2D eigenvalue weighted by Crippen LogP contribution is -2.01. The maximum Gasteiger partial charge on any atom is 0.302 e. The highest BCUT2D eigenvalue weighted by atomic mass is 16.5. The first-order valence-electron chi connectivity index (χ1n) is 5.08. The van der Waals surface area contributed by atoms with Crippen LogP contribution in [0.15, 0.2) is 30.3 Å². The zero-order chi connectivity index (χ0) is 11.5. The molecule has 3 heteroatoms. The van der Waals surface area contributed by atoms with Gasteiger partial charge < -0.3 is 10.5 Å². The predicted octanol–water partition coefficient (Wildman–Crippen LogP) is 1.76. The van der Waals surface area contributed by atoms with Gasteiger partial charge in [0.05, 0.1) is 6.61 Å². The monoisotopic (exact) mass is 209 g/mol. The highest BCUT2D eigenvalue weighted by Crippen LogP contribution is 1.96. The number of hydrogen-bond acceptors (Lipinski definition) is 3. The molecule has 0 fully saturated rings. The van der Waals surface area contributed by atoms with Crippen LogP contribution in [0.5, 0.6) is 0 Å². The van der Waals surface area contributed by atoms with E-state index in [1.54, 1.807) is 6.92 Å². The van der Waals surface area contributed by atoms with Gasteiger partial charge in [0.15, 0.2) is 0 Å². The lowest BCUT2D eigenvalue weighted by Gasteiger charge is -1.93. The van der Waals surface area contributed by atoms with Crippen LogP contribution in [0.4, 0.5) is 0 Å². The van der Waals surface area contributed by atoms with Gasteiger partial charge in [0, 0.05) is 6.92 Å². The molecule has 0 aromatic heterocycles. The molecule has 84 valence electrons. The summed E-state index contributed by atoms with van der Waals surface area (Å²) in [6.45, 7) is 4.39. The van der Waals surface area contributed by atoms with Crippen molar-refractivity contribution in [1.29, 1.82) is 0 Å². The van der Waals surface area contributed by atoms with Gasteiger partial charge in [-0.05, 0) is 25.5 Å². The first-order chi connectivity index (χ1) is 7.20. The molecule has 3 nitrogen and oxygen atoms in total. The second-order valence-corrected chi connectivity index (χ2v) is 2.95. The van der Waals surface area contributed by atoms with E-state index in [0.29, 0.717) is 6.61 Å². The SMILES string of the molecule is CCOC(C)=O.NCCc1ccccc1. The third-order valence-corrected chi connectivity index (χ3v) is 1.62. The van der Waals surface area contributed by atoms with E-state index < -0.39 is 0 Å². The number of rotatable bonds is 3. The fraction of sp³-hybridized carbons (Fsp3) is 0.417. The zero-order valence-electron chi connectivity index (χ0n) is 9.40. The lowest BCUT2D eigenvalue weighted by molar-refractivity contribution is -0.140. The van der Waals surface area contributed by atoms with Crippen LogP contribution < -0.4 is 5.73 Å². The van der Waals surface area contributed by atoms with Crippen LogP contribution in [0.25, 0.3) is 0 Å². The summed E-state index contributed by atoms with van der Waals surface area (Å²) in [4.78, 5) is 9.82. The van der Waals surface area contributed by atoms with Crippen molar-refractivity contribution in [3.05, 3.63) is 35.9 Å². The van der Waals surface area contributed by atoms with E-state index in [1.807, 2.05) is 18.2 Å². The predicted molar refractivity (Wildman–Crippen MR) is 61.5 cm³/mol. The molecule has 0 unspecified atom stereocenters. The maximum absolute atomic E-state index is 9.82. The highest BCUT2D eigenvalue weighted by molar-refractivity contribution is 5.65. The molecule has 1 rings (SSSR count). The second kappa shape index (κ2) is 9.21. The Morgan fingerprint density at radius 1 is 1.33 bits per heavy atom. The molecule has 0 saturated carbocycles. The Morgan fingerprint density at radius 3 is 2.27 bits per heavy atom. The molecule has 15 heavy (non-hydrogen) atoms. The molecule has 0 saturated heterocycles. The van der Waals surface area contributed by atoms with E-state index in [-0.39, 0.29) is 5.97 Å². The van der Waals surface area contributed by atoms with Crippen molar-refractivity contribution in [3.63, 3.8) is 0 Å². The van der Waals surface area contributed by atoms with E-state index >= 15 is 0 Å². The number of hydrogen-bond donors (Lipinski definition) is 1. The molecular formula is C12H19NO2. The van der Waals surface area contributed by atoms with E-state index in [0.717, 1.165) is 13.0 Å². The van der Waals surface area contributed by atoms with Gasteiger partial charge in [0.25, 0.3) is 0 Å². The minimum atomic E-state index is -0.211. The molecule has 1 aromatic carbocycles. The van der Waals surface area contributed by atoms with Crippen LogP contribution in [0.3, 0.4) is 0 Å². The van der Waals surface area contributed by atoms with Crippen molar-refractivity contribution in [2.24, 2.45) is 5.73 Å². The van der Waals surface area contributed by atoms with Crippen molar-refractivity contribution in [2.45, 2.75) is 20.3 Å². The molecule has 0 spiro atoms. The fourth-order valence-electron chi connectivity index (χ4n) is 1.01. The first kappa shape index (κ1) is 13.7. The highest BCUT2D eigenvalue weighted by Gasteiger charge is 1.84. The van der Waals surface area contributed by atoms with E-state index in [2.05, 4.69) is 16.9 Å². The van der Waals surface area contributed by atoms with Crippen molar-refractivity contribution < 1.29 is 9.53 Å². The Kier molecular flexibility index (Phi) is 8.39. The summed E-state index contributed by atoms with van der Waals surface area (Å²) >= 11 is 0. The zero-order valence-corrected chi connectivity index (χ0v) is 9.40. The van der Waals surface area contributed by atoms with Gasteiger partial charge in [-0.25, -0.2) is 0 Å². The molecular weight excluding hydrogens is 190 g/mol. The van der Waals surface area contributed by atoms with E-state index in [9.17, 15) is 4.79 Å². The summed E-state index contributed by atoms with van der Waals surface area (Å²) in [5.41, 5.74) is 6.68. The Hall–Kier alpha value is -1.35. The number of carbonyl (C=O) groups is 1. The summed E-state index contributed by atoms with van der Waals surface area (Å²) in [6, 6.07) is 10.3. The van der Waals surface area contributed by atoms with Crippen LogP contribution in [0.1, 0.15) is 19.4 Å². The molecule has 0 atom stereocenters. The molecule has 2 N–H and O–H groups in total. The summed E-state index contributed by atoms with van der Waals surface area (Å²) in [6.07, 6.45) is 0.987. The summed E-state index contributed by atoms with van der Waals surface area (Å²) < 4.78 is 4.40. The number of benzene rings is 1. The van der Waals surface area contributed by atoms with Gasteiger partial charge in [-0.3, -0.25) is 4.79 Å². The average Bonchev–Trinajstić information content (AvgIpc) is 2.20. The van der Waals surface area contributed by atoms with Gasteiger partial charge >= 0.3 is 5.97 Å². The Balaban J connectivity index is 0.000000288. The normalized spacial score (nSPS) is 8.73. The van der Waals surface area contributed by atoms with Crippen LogP contribution in [0, 0.1) is 0 Å².